The molecule has 0 radical (unpaired) electrons. The van der Waals surface area contributed by atoms with Crippen LogP contribution >= 0.6 is 0 Å². The Labute approximate surface area is 165 Å². The Kier molecular flexibility index (Phi) is 3.95. The van der Waals surface area contributed by atoms with Crippen LogP contribution in [-0.4, -0.2) is 19.4 Å². The summed E-state index contributed by atoms with van der Waals surface area (Å²) < 4.78 is 28.0. The van der Waals surface area contributed by atoms with Crippen molar-refractivity contribution in [2.24, 2.45) is 0 Å². The number of ether oxygens (including phenoxy) is 4. The summed E-state index contributed by atoms with van der Waals surface area (Å²) in [6.45, 7) is 0.387. The molecule has 0 saturated heterocycles. The second-order valence-corrected chi connectivity index (χ2v) is 6.95. The first-order valence-electron chi connectivity index (χ1n) is 9.18. The van der Waals surface area contributed by atoms with E-state index in [4.69, 9.17) is 23.4 Å². The molecule has 0 atom stereocenters. The van der Waals surface area contributed by atoms with E-state index in [1.807, 2.05) is 30.3 Å². The highest BCUT2D eigenvalue weighted by molar-refractivity contribution is 6.00. The Morgan fingerprint density at radius 1 is 0.828 bits per heavy atom. The minimum absolute atomic E-state index is 0. The third-order valence-corrected chi connectivity index (χ3v) is 5.23. The van der Waals surface area contributed by atoms with Crippen molar-refractivity contribution in [1.29, 1.82) is 0 Å². The fourth-order valence-electron chi connectivity index (χ4n) is 3.91. The zero-order chi connectivity index (χ0) is 18.7. The van der Waals surface area contributed by atoms with E-state index >= 15 is 0 Å². The van der Waals surface area contributed by atoms with Crippen molar-refractivity contribution in [3.63, 3.8) is 0 Å². The van der Waals surface area contributed by atoms with Crippen LogP contribution in [0.2, 0.25) is 0 Å². The first-order valence-corrected chi connectivity index (χ1v) is 9.18. The maximum atomic E-state index is 12.8. The molecule has 0 saturated carbocycles. The van der Waals surface area contributed by atoms with Crippen LogP contribution in [0.4, 0.5) is 5.69 Å². The number of hydrogen-bond acceptors (Lipinski definition) is 7. The van der Waals surface area contributed by atoms with Gasteiger partial charge in [-0.1, -0.05) is 0 Å². The van der Waals surface area contributed by atoms with Gasteiger partial charge in [-0.05, 0) is 12.5 Å². The van der Waals surface area contributed by atoms with Crippen molar-refractivity contribution in [2.45, 2.75) is 19.3 Å². The predicted molar refractivity (Wildman–Crippen MR) is 101 cm³/mol. The summed E-state index contributed by atoms with van der Waals surface area (Å²) >= 11 is 0. The smallest absolute Gasteiger partial charge is 0.231 e. The molecule has 0 bridgehead atoms. The number of aryl methyl sites for hydroxylation is 1. The SMILES string of the molecule is N.O=C1CCCc2oc3cc4c(cc3c(=[NH+]c3ccc5c(c3)OCO5)c21)OCO4. The summed E-state index contributed by atoms with van der Waals surface area (Å²) in [4.78, 5) is 16.2. The monoisotopic (exact) mass is 395 g/mol. The van der Waals surface area contributed by atoms with Crippen LogP contribution in [-0.2, 0) is 6.42 Å². The molecule has 0 amide bonds. The van der Waals surface area contributed by atoms with E-state index in [1.165, 1.54) is 0 Å². The second-order valence-electron chi connectivity index (χ2n) is 6.95. The molecule has 6 rings (SSSR count). The molecule has 8 nitrogen and oxygen atoms in total. The lowest BCUT2D eigenvalue weighted by atomic mass is 9.94. The molecule has 3 aromatic rings. The number of nitrogens with one attached hydrogen (secondary N) is 1. The Morgan fingerprint density at radius 2 is 1.55 bits per heavy atom. The molecule has 0 spiro atoms. The summed E-state index contributed by atoms with van der Waals surface area (Å²) in [5.74, 6) is 3.44. The van der Waals surface area contributed by atoms with Crippen LogP contribution in [0.1, 0.15) is 29.0 Å². The number of carbonyl (C=O) groups excluding carboxylic acids is 1. The molecule has 4 N–H and O–H groups in total. The highest BCUT2D eigenvalue weighted by Crippen LogP contribution is 2.36. The molecular weight excluding hydrogens is 376 g/mol. The molecule has 29 heavy (non-hydrogen) atoms. The van der Waals surface area contributed by atoms with Gasteiger partial charge in [0.1, 0.15) is 16.9 Å². The number of carbonyl (C=O) groups is 1. The van der Waals surface area contributed by atoms with Gasteiger partial charge in [0.15, 0.2) is 28.8 Å². The summed E-state index contributed by atoms with van der Waals surface area (Å²) in [5.41, 5.74) is 2.06. The molecule has 2 aromatic carbocycles. The third-order valence-electron chi connectivity index (χ3n) is 5.23. The summed E-state index contributed by atoms with van der Waals surface area (Å²) in [6.07, 6.45) is 2.02. The van der Waals surface area contributed by atoms with Gasteiger partial charge in [-0.25, -0.2) is 4.99 Å². The number of hydrogen-bond donors (Lipinski definition) is 2. The van der Waals surface area contributed by atoms with Crippen molar-refractivity contribution in [3.8, 4) is 23.0 Å². The maximum Gasteiger partial charge on any atom is 0.231 e. The first kappa shape index (κ1) is 17.6. The average molecular weight is 395 g/mol. The van der Waals surface area contributed by atoms with Crippen LogP contribution in [0.3, 0.4) is 0 Å². The molecule has 3 heterocycles. The third kappa shape index (κ3) is 2.72. The van der Waals surface area contributed by atoms with Crippen molar-refractivity contribution in [2.75, 3.05) is 13.6 Å². The largest absolute Gasteiger partial charge is 0.460 e. The topological polar surface area (TPSA) is 116 Å². The molecule has 0 fully saturated rings. The Balaban J connectivity index is 0.00000181. The quantitative estimate of drug-likeness (QED) is 0.646. The lowest BCUT2D eigenvalue weighted by molar-refractivity contribution is -0.401. The van der Waals surface area contributed by atoms with E-state index in [0.29, 0.717) is 46.3 Å². The maximum absolute atomic E-state index is 12.8. The molecule has 148 valence electrons. The summed E-state index contributed by atoms with van der Waals surface area (Å²) in [7, 11) is 0. The van der Waals surface area contributed by atoms with Gasteiger partial charge in [0.05, 0.1) is 11.5 Å². The van der Waals surface area contributed by atoms with Gasteiger partial charge < -0.3 is 29.5 Å². The summed E-state index contributed by atoms with van der Waals surface area (Å²) in [5, 5.41) is 1.49. The van der Waals surface area contributed by atoms with Crippen LogP contribution < -0.4 is 35.4 Å². The molecule has 3 aliphatic rings. The molecule has 1 aromatic heterocycles. The van der Waals surface area contributed by atoms with E-state index in [-0.39, 0.29) is 25.5 Å². The molecule has 1 aliphatic carbocycles. The van der Waals surface area contributed by atoms with Gasteiger partial charge in [0.2, 0.25) is 24.6 Å². The molecular formula is C21H19N2O6+. The van der Waals surface area contributed by atoms with Crippen LogP contribution in [0.15, 0.2) is 34.7 Å². The van der Waals surface area contributed by atoms with Crippen LogP contribution in [0.5, 0.6) is 23.0 Å². The van der Waals surface area contributed by atoms with E-state index in [1.54, 1.807) is 0 Å². The van der Waals surface area contributed by atoms with Gasteiger partial charge in [0, 0.05) is 31.0 Å². The van der Waals surface area contributed by atoms with Gasteiger partial charge in [-0.15, -0.1) is 0 Å². The fraction of sp³-hybridized carbons (Fsp3) is 0.238. The van der Waals surface area contributed by atoms with Crippen LogP contribution in [0, 0.1) is 0 Å². The van der Waals surface area contributed by atoms with Gasteiger partial charge >= 0.3 is 0 Å². The van der Waals surface area contributed by atoms with E-state index in [2.05, 4.69) is 4.99 Å². The van der Waals surface area contributed by atoms with Gasteiger partial charge in [-0.3, -0.25) is 4.79 Å². The predicted octanol–water partition coefficient (Wildman–Crippen LogP) is 1.88. The van der Waals surface area contributed by atoms with E-state index < -0.39 is 0 Å². The zero-order valence-electron chi connectivity index (χ0n) is 15.6. The first-order chi connectivity index (χ1) is 13.8. The fourth-order valence-corrected chi connectivity index (χ4v) is 3.91. The number of rotatable bonds is 1. The summed E-state index contributed by atoms with van der Waals surface area (Å²) in [6, 6.07) is 9.30. The second kappa shape index (κ2) is 6.52. The van der Waals surface area contributed by atoms with E-state index in [9.17, 15) is 4.79 Å². The van der Waals surface area contributed by atoms with Gasteiger partial charge in [0.25, 0.3) is 0 Å². The van der Waals surface area contributed by atoms with Crippen molar-refractivity contribution >= 4 is 22.4 Å². The zero-order valence-corrected chi connectivity index (χ0v) is 15.6. The van der Waals surface area contributed by atoms with Crippen molar-refractivity contribution < 1.29 is 33.2 Å². The number of benzene rings is 2. The average Bonchev–Trinajstić information content (AvgIpc) is 3.34. The highest BCUT2D eigenvalue weighted by Gasteiger charge is 2.28. The number of fused-ring (bicyclic) bond motifs is 4. The number of ketones is 1. The van der Waals surface area contributed by atoms with Gasteiger partial charge in [-0.2, -0.15) is 0 Å². The van der Waals surface area contributed by atoms with Crippen LogP contribution in [0.25, 0.3) is 11.0 Å². The minimum atomic E-state index is 0. The standard InChI is InChI=1S/C21H15NO6.H3N/c23-13-2-1-3-15-20(13)21(22-11-4-5-14-17(6-11)25-9-24-14)12-7-18-19(27-10-26-18)8-16(12)28-15;/h4-8H,1-3,9-10H2;1H3/p+1. The Bertz CT molecular complexity index is 1230. The lowest BCUT2D eigenvalue weighted by Crippen LogP contribution is -2.71. The van der Waals surface area contributed by atoms with Crippen molar-refractivity contribution in [1.82, 2.24) is 6.15 Å². The minimum Gasteiger partial charge on any atom is -0.460 e. The lowest BCUT2D eigenvalue weighted by Gasteiger charge is -2.13. The Morgan fingerprint density at radius 3 is 2.38 bits per heavy atom. The molecule has 8 heteroatoms. The molecule has 0 unspecified atom stereocenters. The van der Waals surface area contributed by atoms with E-state index in [0.717, 1.165) is 29.3 Å². The molecule has 2 aliphatic heterocycles. The highest BCUT2D eigenvalue weighted by atomic mass is 16.7. The normalized spacial score (nSPS) is 16.7. The number of Topliss-reactive ketones (excluding diaryl/α,β-unsaturated/α-hetero) is 1. The Hall–Kier alpha value is -3.52. The van der Waals surface area contributed by atoms with Crippen molar-refractivity contribution in [3.05, 3.63) is 47.0 Å².